The van der Waals surface area contributed by atoms with Gasteiger partial charge in [0.25, 0.3) is 5.91 Å². The fourth-order valence-electron chi connectivity index (χ4n) is 2.22. The van der Waals surface area contributed by atoms with Crippen LogP contribution in [-0.2, 0) is 24.2 Å². The summed E-state index contributed by atoms with van der Waals surface area (Å²) in [5.74, 6) is -0.603. The number of esters is 1. The third-order valence-corrected chi connectivity index (χ3v) is 5.17. The number of aryl methyl sites for hydroxylation is 1. The van der Waals surface area contributed by atoms with Gasteiger partial charge in [0, 0.05) is 6.04 Å². The van der Waals surface area contributed by atoms with Gasteiger partial charge in [0.15, 0.2) is 23.1 Å². The fraction of sp³-hybridized carbons (Fsp3) is 0.467. The average molecular weight is 341 g/mol. The number of para-hydroxylation sites is 1. The molecule has 1 atom stereocenters. The molecule has 1 aliphatic heterocycles. The first-order valence-corrected chi connectivity index (χ1v) is 9.02. The molecular formula is C15H19NO6S. The van der Waals surface area contributed by atoms with Crippen LogP contribution in [0.5, 0.6) is 5.75 Å². The van der Waals surface area contributed by atoms with Crippen LogP contribution in [0.4, 0.5) is 0 Å². The number of carbonyl (C=O) groups excluding carboxylic acids is 2. The molecule has 0 unspecified atom stereocenters. The van der Waals surface area contributed by atoms with Crippen LogP contribution in [0.1, 0.15) is 12.0 Å². The summed E-state index contributed by atoms with van der Waals surface area (Å²) in [5, 5.41) is 2.54. The second kappa shape index (κ2) is 7.45. The maximum atomic E-state index is 11.6. The molecule has 7 nitrogen and oxygen atoms in total. The second-order valence-electron chi connectivity index (χ2n) is 5.38. The zero-order valence-corrected chi connectivity index (χ0v) is 13.6. The molecule has 1 aliphatic rings. The van der Waals surface area contributed by atoms with Gasteiger partial charge in [-0.2, -0.15) is 0 Å². The summed E-state index contributed by atoms with van der Waals surface area (Å²) < 4.78 is 32.7. The van der Waals surface area contributed by atoms with Crippen molar-refractivity contribution in [1.29, 1.82) is 0 Å². The minimum absolute atomic E-state index is 0.0664. The number of sulfone groups is 1. The number of ether oxygens (including phenoxy) is 2. The molecule has 0 spiro atoms. The zero-order chi connectivity index (χ0) is 16.9. The van der Waals surface area contributed by atoms with E-state index in [1.807, 2.05) is 19.1 Å². The lowest BCUT2D eigenvalue weighted by Crippen LogP contribution is -2.38. The Morgan fingerprint density at radius 1 is 1.26 bits per heavy atom. The van der Waals surface area contributed by atoms with E-state index in [1.54, 1.807) is 12.1 Å². The molecule has 0 bridgehead atoms. The van der Waals surface area contributed by atoms with Crippen LogP contribution in [0.15, 0.2) is 24.3 Å². The summed E-state index contributed by atoms with van der Waals surface area (Å²) in [6, 6.07) is 6.82. The van der Waals surface area contributed by atoms with Gasteiger partial charge in [0.05, 0.1) is 11.5 Å². The van der Waals surface area contributed by atoms with Crippen molar-refractivity contribution in [3.63, 3.8) is 0 Å². The van der Waals surface area contributed by atoms with Crippen molar-refractivity contribution in [3.05, 3.63) is 29.8 Å². The second-order valence-corrected chi connectivity index (χ2v) is 7.61. The predicted molar refractivity (Wildman–Crippen MR) is 82.8 cm³/mol. The summed E-state index contributed by atoms with van der Waals surface area (Å²) in [7, 11) is -3.06. The first kappa shape index (κ1) is 17.3. The Morgan fingerprint density at radius 3 is 2.65 bits per heavy atom. The van der Waals surface area contributed by atoms with E-state index in [0.29, 0.717) is 12.2 Å². The lowest BCUT2D eigenvalue weighted by atomic mass is 10.2. The van der Waals surface area contributed by atoms with Crippen molar-refractivity contribution >= 4 is 21.7 Å². The predicted octanol–water partition coefficient (Wildman–Crippen LogP) is 0.220. The number of amides is 1. The van der Waals surface area contributed by atoms with Crippen LogP contribution >= 0.6 is 0 Å². The highest BCUT2D eigenvalue weighted by molar-refractivity contribution is 7.91. The summed E-state index contributed by atoms with van der Waals surface area (Å²) in [5.41, 5.74) is 0.889. The molecule has 1 amide bonds. The SMILES string of the molecule is Cc1ccccc1OCC(=O)OCC(=O)N[C@H]1CCS(=O)(=O)C1. The molecule has 0 aliphatic carbocycles. The Hall–Kier alpha value is -2.09. The minimum atomic E-state index is -3.06. The summed E-state index contributed by atoms with van der Waals surface area (Å²) in [6.07, 6.45) is 0.387. The van der Waals surface area contributed by atoms with Crippen molar-refractivity contribution in [2.45, 2.75) is 19.4 Å². The van der Waals surface area contributed by atoms with E-state index < -0.39 is 34.4 Å². The minimum Gasteiger partial charge on any atom is -0.482 e. The molecule has 2 rings (SSSR count). The number of carbonyl (C=O) groups is 2. The standard InChI is InChI=1S/C15H19NO6S/c1-11-4-2-3-5-13(11)21-9-15(18)22-8-14(17)16-12-6-7-23(19,20)10-12/h2-5,12H,6-10H2,1H3,(H,16,17)/t12-/m0/s1. The number of benzene rings is 1. The van der Waals surface area contributed by atoms with Gasteiger partial charge in [-0.25, -0.2) is 13.2 Å². The van der Waals surface area contributed by atoms with Gasteiger partial charge in [-0.05, 0) is 25.0 Å². The third kappa shape index (κ3) is 5.55. The lowest BCUT2D eigenvalue weighted by molar-refractivity contribution is -0.150. The normalized spacial score (nSPS) is 19.1. The number of nitrogens with one attached hydrogen (secondary N) is 1. The molecule has 0 aromatic heterocycles. The lowest BCUT2D eigenvalue weighted by Gasteiger charge is -2.11. The van der Waals surface area contributed by atoms with Gasteiger partial charge >= 0.3 is 5.97 Å². The van der Waals surface area contributed by atoms with Gasteiger partial charge in [-0.15, -0.1) is 0 Å². The quantitative estimate of drug-likeness (QED) is 0.743. The molecule has 1 aromatic carbocycles. The van der Waals surface area contributed by atoms with Crippen molar-refractivity contribution in [1.82, 2.24) is 5.32 Å². The fourth-order valence-corrected chi connectivity index (χ4v) is 3.89. The number of hydrogen-bond donors (Lipinski definition) is 1. The molecule has 23 heavy (non-hydrogen) atoms. The van der Waals surface area contributed by atoms with Gasteiger partial charge in [-0.1, -0.05) is 18.2 Å². The molecular weight excluding hydrogens is 322 g/mol. The highest BCUT2D eigenvalue weighted by Gasteiger charge is 2.29. The molecule has 1 fully saturated rings. The molecule has 1 saturated heterocycles. The van der Waals surface area contributed by atoms with Gasteiger partial charge in [0.2, 0.25) is 0 Å². The number of hydrogen-bond acceptors (Lipinski definition) is 6. The Balaban J connectivity index is 1.68. The molecule has 1 heterocycles. The van der Waals surface area contributed by atoms with Gasteiger partial charge < -0.3 is 14.8 Å². The number of rotatable bonds is 6. The average Bonchev–Trinajstić information content (AvgIpc) is 2.83. The van der Waals surface area contributed by atoms with E-state index in [0.717, 1.165) is 5.56 Å². The summed E-state index contributed by atoms with van der Waals surface area (Å²) in [6.45, 7) is 1.10. The van der Waals surface area contributed by atoms with Crippen molar-refractivity contribution < 1.29 is 27.5 Å². The Labute approximate surface area is 134 Å². The van der Waals surface area contributed by atoms with E-state index in [9.17, 15) is 18.0 Å². The largest absolute Gasteiger partial charge is 0.482 e. The maximum Gasteiger partial charge on any atom is 0.344 e. The van der Waals surface area contributed by atoms with E-state index in [2.05, 4.69) is 5.32 Å². The van der Waals surface area contributed by atoms with Crippen LogP contribution in [0.2, 0.25) is 0 Å². The van der Waals surface area contributed by atoms with E-state index in [1.165, 1.54) is 0 Å². The molecule has 0 radical (unpaired) electrons. The van der Waals surface area contributed by atoms with Crippen LogP contribution < -0.4 is 10.1 Å². The zero-order valence-electron chi connectivity index (χ0n) is 12.8. The van der Waals surface area contributed by atoms with Crippen LogP contribution in [-0.4, -0.2) is 51.1 Å². The molecule has 8 heteroatoms. The van der Waals surface area contributed by atoms with Crippen LogP contribution in [0, 0.1) is 6.92 Å². The third-order valence-electron chi connectivity index (χ3n) is 3.40. The van der Waals surface area contributed by atoms with Gasteiger partial charge in [0.1, 0.15) is 5.75 Å². The van der Waals surface area contributed by atoms with Gasteiger partial charge in [-0.3, -0.25) is 4.79 Å². The van der Waals surface area contributed by atoms with Crippen molar-refractivity contribution in [2.24, 2.45) is 0 Å². The summed E-state index contributed by atoms with van der Waals surface area (Å²) >= 11 is 0. The van der Waals surface area contributed by atoms with Crippen molar-refractivity contribution in [2.75, 3.05) is 24.7 Å². The molecule has 0 saturated carbocycles. The van der Waals surface area contributed by atoms with E-state index in [-0.39, 0.29) is 18.1 Å². The Kier molecular flexibility index (Phi) is 5.59. The van der Waals surface area contributed by atoms with Crippen LogP contribution in [0.3, 0.4) is 0 Å². The van der Waals surface area contributed by atoms with E-state index >= 15 is 0 Å². The maximum absolute atomic E-state index is 11.6. The molecule has 1 N–H and O–H groups in total. The summed E-state index contributed by atoms with van der Waals surface area (Å²) in [4.78, 5) is 23.2. The topological polar surface area (TPSA) is 98.8 Å². The monoisotopic (exact) mass is 341 g/mol. The molecule has 126 valence electrons. The highest BCUT2D eigenvalue weighted by Crippen LogP contribution is 2.15. The van der Waals surface area contributed by atoms with E-state index in [4.69, 9.17) is 9.47 Å². The first-order valence-electron chi connectivity index (χ1n) is 7.19. The first-order chi connectivity index (χ1) is 10.9. The Morgan fingerprint density at radius 2 is 2.00 bits per heavy atom. The van der Waals surface area contributed by atoms with Crippen LogP contribution in [0.25, 0.3) is 0 Å². The molecule has 1 aromatic rings. The smallest absolute Gasteiger partial charge is 0.344 e. The van der Waals surface area contributed by atoms with Crippen molar-refractivity contribution in [3.8, 4) is 5.75 Å². The highest BCUT2D eigenvalue weighted by atomic mass is 32.2. The Bertz CT molecular complexity index is 685.